The second-order valence-electron chi connectivity index (χ2n) is 6.51. The summed E-state index contributed by atoms with van der Waals surface area (Å²) in [5, 5.41) is 25.3. The maximum atomic E-state index is 12.4. The molecule has 3 rings (SSSR count). The average molecular weight is 368 g/mol. The molecule has 8 heteroatoms. The summed E-state index contributed by atoms with van der Waals surface area (Å²) in [5.74, 6) is -1.85. The molecular formula is C19H21BN2O5. The van der Waals surface area contributed by atoms with Crippen LogP contribution in [0.1, 0.15) is 27.0 Å². The number of hydrogen-bond donors (Lipinski definition) is 4. The molecule has 0 unspecified atom stereocenters. The molecule has 0 saturated carbocycles. The van der Waals surface area contributed by atoms with Gasteiger partial charge in [-0.25, -0.2) is 4.79 Å². The first-order valence-electron chi connectivity index (χ1n) is 8.69. The van der Waals surface area contributed by atoms with Gasteiger partial charge in [0.05, 0.1) is 17.9 Å². The lowest BCUT2D eigenvalue weighted by Gasteiger charge is -2.28. The van der Waals surface area contributed by atoms with Gasteiger partial charge in [0.1, 0.15) is 5.75 Å². The Balaban J connectivity index is 1.67. The minimum absolute atomic E-state index is 0.00215. The molecule has 1 amide bonds. The van der Waals surface area contributed by atoms with E-state index in [9.17, 15) is 19.7 Å². The largest absolute Gasteiger partial charge is 0.547 e. The molecule has 0 bridgehead atoms. The topological polar surface area (TPSA) is 108 Å². The third-order valence-electron chi connectivity index (χ3n) is 4.43. The highest BCUT2D eigenvalue weighted by atomic mass is 16.5. The first-order chi connectivity index (χ1) is 13.0. The number of hydrogen-bond acceptors (Lipinski definition) is 5. The summed E-state index contributed by atoms with van der Waals surface area (Å²) in [6, 6.07) is 12.5. The fourth-order valence-corrected chi connectivity index (χ4v) is 3.21. The van der Waals surface area contributed by atoms with Crippen LogP contribution in [0.4, 0.5) is 0 Å². The summed E-state index contributed by atoms with van der Waals surface area (Å²) in [6.45, 7) is 0.716. The van der Waals surface area contributed by atoms with Crippen molar-refractivity contribution in [1.29, 1.82) is 0 Å². The monoisotopic (exact) mass is 368 g/mol. The molecule has 0 spiro atoms. The smallest absolute Gasteiger partial charge is 0.534 e. The van der Waals surface area contributed by atoms with Crippen LogP contribution in [0.5, 0.6) is 5.75 Å². The molecule has 0 radical (unpaired) electrons. The zero-order valence-corrected chi connectivity index (χ0v) is 14.9. The van der Waals surface area contributed by atoms with Crippen LogP contribution < -0.4 is 15.3 Å². The van der Waals surface area contributed by atoms with E-state index in [1.54, 1.807) is 12.1 Å². The Morgan fingerprint density at radius 2 is 1.96 bits per heavy atom. The molecular weight excluding hydrogens is 347 g/mol. The van der Waals surface area contributed by atoms with Crippen LogP contribution in [-0.4, -0.2) is 42.1 Å². The molecule has 1 atom stereocenters. The molecule has 1 aliphatic heterocycles. The Bertz CT molecular complexity index is 858. The van der Waals surface area contributed by atoms with Gasteiger partial charge in [-0.3, -0.25) is 4.79 Å². The van der Waals surface area contributed by atoms with Crippen molar-refractivity contribution in [2.75, 3.05) is 7.05 Å². The van der Waals surface area contributed by atoms with Crippen molar-refractivity contribution in [2.45, 2.75) is 25.3 Å². The van der Waals surface area contributed by atoms with Gasteiger partial charge in [-0.2, -0.15) is 0 Å². The van der Waals surface area contributed by atoms with E-state index in [4.69, 9.17) is 4.65 Å². The van der Waals surface area contributed by atoms with E-state index in [-0.39, 0.29) is 23.6 Å². The molecule has 1 aliphatic rings. The van der Waals surface area contributed by atoms with Gasteiger partial charge in [0.15, 0.2) is 0 Å². The number of carboxylic acids is 1. The second kappa shape index (κ2) is 8.24. The standard InChI is InChI=1S/C19H21BN2O5/c1-21-11-13-5-2-4-12(8-13)9-17(23)22-16-10-14-6-3-7-15(19(24)25)18(14)27-20(16)26/h2-8,16,21,26H,9-11H2,1H3,(H,22,23)(H,24,25)/t16-/m0/s1. The predicted molar refractivity (Wildman–Crippen MR) is 101 cm³/mol. The number of carbonyl (C=O) groups is 2. The van der Waals surface area contributed by atoms with Gasteiger partial charge in [-0.05, 0) is 36.2 Å². The quantitative estimate of drug-likeness (QED) is 0.562. The number of carboxylic acid groups (broad SMARTS) is 1. The van der Waals surface area contributed by atoms with Crippen LogP contribution in [-0.2, 0) is 24.2 Å². The molecule has 4 N–H and O–H groups in total. The Hall–Kier alpha value is -2.84. The second-order valence-corrected chi connectivity index (χ2v) is 6.51. The molecule has 7 nitrogen and oxygen atoms in total. The molecule has 0 saturated heterocycles. The zero-order chi connectivity index (χ0) is 19.4. The van der Waals surface area contributed by atoms with Gasteiger partial charge in [-0.15, -0.1) is 0 Å². The van der Waals surface area contributed by atoms with Gasteiger partial charge >= 0.3 is 13.1 Å². The minimum Gasteiger partial charge on any atom is -0.534 e. The van der Waals surface area contributed by atoms with Gasteiger partial charge < -0.3 is 25.4 Å². The van der Waals surface area contributed by atoms with Gasteiger partial charge in [0.25, 0.3) is 0 Å². The zero-order valence-electron chi connectivity index (χ0n) is 14.9. The van der Waals surface area contributed by atoms with Crippen LogP contribution >= 0.6 is 0 Å². The van der Waals surface area contributed by atoms with Crippen LogP contribution in [0.25, 0.3) is 0 Å². The summed E-state index contributed by atoms with van der Waals surface area (Å²) in [5.41, 5.74) is 2.60. The van der Waals surface area contributed by atoms with Crippen LogP contribution in [0.2, 0.25) is 0 Å². The van der Waals surface area contributed by atoms with Crippen molar-refractivity contribution in [1.82, 2.24) is 10.6 Å². The first-order valence-corrected chi connectivity index (χ1v) is 8.69. The Morgan fingerprint density at radius 3 is 2.70 bits per heavy atom. The summed E-state index contributed by atoms with van der Waals surface area (Å²) < 4.78 is 5.39. The van der Waals surface area contributed by atoms with E-state index >= 15 is 0 Å². The number of nitrogens with one attached hydrogen (secondary N) is 2. The van der Waals surface area contributed by atoms with Crippen molar-refractivity contribution in [3.05, 3.63) is 64.7 Å². The predicted octanol–water partition coefficient (Wildman–Crippen LogP) is 0.786. The summed E-state index contributed by atoms with van der Waals surface area (Å²) in [6.07, 6.45) is 0.478. The lowest BCUT2D eigenvalue weighted by molar-refractivity contribution is -0.120. The summed E-state index contributed by atoms with van der Waals surface area (Å²) >= 11 is 0. The fourth-order valence-electron chi connectivity index (χ4n) is 3.21. The minimum atomic E-state index is -1.31. The highest BCUT2D eigenvalue weighted by Gasteiger charge is 2.37. The van der Waals surface area contributed by atoms with Crippen molar-refractivity contribution in [2.24, 2.45) is 0 Å². The lowest BCUT2D eigenvalue weighted by atomic mass is 9.72. The maximum absolute atomic E-state index is 12.4. The summed E-state index contributed by atoms with van der Waals surface area (Å²) in [4.78, 5) is 23.7. The van der Waals surface area contributed by atoms with Crippen molar-refractivity contribution in [3.8, 4) is 5.75 Å². The van der Waals surface area contributed by atoms with E-state index in [2.05, 4.69) is 10.6 Å². The highest BCUT2D eigenvalue weighted by Crippen LogP contribution is 2.30. The third kappa shape index (κ3) is 4.47. The van der Waals surface area contributed by atoms with Gasteiger partial charge in [0.2, 0.25) is 5.91 Å². The van der Waals surface area contributed by atoms with Crippen LogP contribution in [0.15, 0.2) is 42.5 Å². The van der Waals surface area contributed by atoms with Crippen molar-refractivity contribution < 1.29 is 24.4 Å². The Labute approximate surface area is 157 Å². The molecule has 27 heavy (non-hydrogen) atoms. The Morgan fingerprint density at radius 1 is 1.22 bits per heavy atom. The normalized spacial score (nSPS) is 15.6. The first kappa shape index (κ1) is 18.9. The van der Waals surface area contributed by atoms with Gasteiger partial charge in [-0.1, -0.05) is 36.4 Å². The molecule has 1 heterocycles. The number of carbonyl (C=O) groups excluding carboxylic acids is 1. The molecule has 0 aromatic heterocycles. The lowest BCUT2D eigenvalue weighted by Crippen LogP contribution is -2.53. The number of amides is 1. The van der Waals surface area contributed by atoms with E-state index in [0.29, 0.717) is 18.5 Å². The number of rotatable bonds is 6. The highest BCUT2D eigenvalue weighted by molar-refractivity contribution is 6.47. The van der Waals surface area contributed by atoms with E-state index in [1.165, 1.54) is 6.07 Å². The average Bonchev–Trinajstić information content (AvgIpc) is 2.62. The molecule has 0 aliphatic carbocycles. The third-order valence-corrected chi connectivity index (χ3v) is 4.43. The molecule has 140 valence electrons. The van der Waals surface area contributed by atoms with E-state index < -0.39 is 19.0 Å². The SMILES string of the molecule is CNCc1cccc(CC(=O)N[C@H]2Cc3cccc(C(=O)O)c3OB2O)c1. The van der Waals surface area contributed by atoms with E-state index in [0.717, 1.165) is 11.1 Å². The van der Waals surface area contributed by atoms with Crippen molar-refractivity contribution >= 4 is 19.0 Å². The maximum Gasteiger partial charge on any atom is 0.547 e. The number of fused-ring (bicyclic) bond motifs is 1. The van der Waals surface area contributed by atoms with Gasteiger partial charge in [0, 0.05) is 6.54 Å². The molecule has 2 aromatic rings. The molecule has 0 fully saturated rings. The fraction of sp³-hybridized carbons (Fsp3) is 0.263. The summed E-state index contributed by atoms with van der Waals surface area (Å²) in [7, 11) is 0.551. The van der Waals surface area contributed by atoms with E-state index in [1.807, 2.05) is 31.3 Å². The van der Waals surface area contributed by atoms with Crippen LogP contribution in [0, 0.1) is 0 Å². The molecule has 2 aromatic carbocycles. The number of para-hydroxylation sites is 1. The van der Waals surface area contributed by atoms with Crippen molar-refractivity contribution in [3.63, 3.8) is 0 Å². The number of benzene rings is 2. The van der Waals surface area contributed by atoms with Crippen LogP contribution in [0.3, 0.4) is 0 Å². The Kier molecular flexibility index (Phi) is 5.78. The number of aromatic carboxylic acids is 1.